The number of rotatable bonds is 2. The number of benzene rings is 1. The Bertz CT molecular complexity index is 277. The molecule has 12 heavy (non-hydrogen) atoms. The molecule has 3 heteroatoms. The molecule has 1 rings (SSSR count). The van der Waals surface area contributed by atoms with Crippen molar-refractivity contribution in [3.8, 4) is 0 Å². The molecule has 0 aliphatic heterocycles. The lowest BCUT2D eigenvalue weighted by atomic mass is 10.2. The maximum Gasteiger partial charge on any atom is 0.0629 e. The van der Waals surface area contributed by atoms with Crippen molar-refractivity contribution in [2.24, 2.45) is 0 Å². The van der Waals surface area contributed by atoms with Gasteiger partial charge in [-0.1, -0.05) is 35.3 Å². The van der Waals surface area contributed by atoms with Gasteiger partial charge in [0.2, 0.25) is 0 Å². The highest BCUT2D eigenvalue weighted by molar-refractivity contribution is 6.48. The van der Waals surface area contributed by atoms with E-state index in [0.29, 0.717) is 10.1 Å². The highest BCUT2D eigenvalue weighted by atomic mass is 35.5. The minimum Gasteiger partial charge on any atom is -0.392 e. The summed E-state index contributed by atoms with van der Waals surface area (Å²) in [6, 6.07) is 7.11. The van der Waals surface area contributed by atoms with Crippen LogP contribution in [0.2, 0.25) is 5.02 Å². The average Bonchev–Trinajstić information content (AvgIpc) is 2.06. The van der Waals surface area contributed by atoms with E-state index in [4.69, 9.17) is 28.3 Å². The van der Waals surface area contributed by atoms with Gasteiger partial charge in [0.05, 0.1) is 6.61 Å². The van der Waals surface area contributed by atoms with E-state index in [9.17, 15) is 0 Å². The van der Waals surface area contributed by atoms with Crippen LogP contribution in [-0.2, 0) is 0 Å². The van der Waals surface area contributed by atoms with Crippen LogP contribution in [0.3, 0.4) is 0 Å². The molecule has 0 aliphatic carbocycles. The van der Waals surface area contributed by atoms with Gasteiger partial charge < -0.3 is 5.11 Å². The third-order valence-corrected chi connectivity index (χ3v) is 2.01. The predicted molar refractivity (Wildman–Crippen MR) is 52.4 cm³/mol. The Labute approximate surface area is 81.2 Å². The molecule has 0 heterocycles. The SMILES string of the molecule is OCC=C(Cl)c1ccc(Cl)cc1. The van der Waals surface area contributed by atoms with Crippen LogP contribution < -0.4 is 0 Å². The Kier molecular flexibility index (Phi) is 3.60. The first-order valence-corrected chi connectivity index (χ1v) is 4.22. The molecule has 1 N–H and O–H groups in total. The van der Waals surface area contributed by atoms with Gasteiger partial charge in [-0.15, -0.1) is 0 Å². The fourth-order valence-corrected chi connectivity index (χ4v) is 1.13. The van der Waals surface area contributed by atoms with Crippen molar-refractivity contribution in [2.45, 2.75) is 0 Å². The fourth-order valence-electron chi connectivity index (χ4n) is 0.807. The summed E-state index contributed by atoms with van der Waals surface area (Å²) < 4.78 is 0. The third-order valence-electron chi connectivity index (χ3n) is 1.39. The molecule has 0 radical (unpaired) electrons. The largest absolute Gasteiger partial charge is 0.392 e. The number of hydrogen-bond acceptors (Lipinski definition) is 1. The number of halogens is 2. The molecule has 1 aromatic rings. The molecule has 0 bridgehead atoms. The van der Waals surface area contributed by atoms with Crippen LogP contribution in [-0.4, -0.2) is 11.7 Å². The molecule has 0 atom stereocenters. The summed E-state index contributed by atoms with van der Waals surface area (Å²) in [5.41, 5.74) is 0.857. The minimum atomic E-state index is -0.0541. The minimum absolute atomic E-state index is 0.0541. The molecular weight excluding hydrogens is 195 g/mol. The monoisotopic (exact) mass is 202 g/mol. The van der Waals surface area contributed by atoms with Crippen LogP contribution in [0.4, 0.5) is 0 Å². The number of hydrogen-bond donors (Lipinski definition) is 1. The first-order valence-electron chi connectivity index (χ1n) is 3.46. The normalized spacial score (nSPS) is 11.8. The lowest BCUT2D eigenvalue weighted by molar-refractivity contribution is 0.343. The van der Waals surface area contributed by atoms with Crippen LogP contribution in [0.5, 0.6) is 0 Å². The van der Waals surface area contributed by atoms with E-state index in [1.807, 2.05) is 0 Å². The lowest BCUT2D eigenvalue weighted by Crippen LogP contribution is -1.79. The van der Waals surface area contributed by atoms with Crippen molar-refractivity contribution >= 4 is 28.2 Å². The van der Waals surface area contributed by atoms with Crippen LogP contribution in [0.1, 0.15) is 5.56 Å². The zero-order valence-corrected chi connectivity index (χ0v) is 7.81. The topological polar surface area (TPSA) is 20.2 Å². The predicted octanol–water partition coefficient (Wildman–Crippen LogP) is 2.91. The highest BCUT2D eigenvalue weighted by Gasteiger charge is 1.95. The highest BCUT2D eigenvalue weighted by Crippen LogP contribution is 2.20. The van der Waals surface area contributed by atoms with Gasteiger partial charge in [0, 0.05) is 10.1 Å². The van der Waals surface area contributed by atoms with Gasteiger partial charge in [-0.05, 0) is 23.8 Å². The van der Waals surface area contributed by atoms with E-state index >= 15 is 0 Å². The molecule has 0 fully saturated rings. The van der Waals surface area contributed by atoms with Gasteiger partial charge in [-0.3, -0.25) is 0 Å². The molecule has 0 unspecified atom stereocenters. The molecule has 0 spiro atoms. The zero-order valence-electron chi connectivity index (χ0n) is 6.30. The smallest absolute Gasteiger partial charge is 0.0629 e. The average molecular weight is 203 g/mol. The van der Waals surface area contributed by atoms with E-state index < -0.39 is 0 Å². The van der Waals surface area contributed by atoms with Crippen LogP contribution in [0.25, 0.3) is 5.03 Å². The maximum absolute atomic E-state index is 8.57. The van der Waals surface area contributed by atoms with E-state index in [1.54, 1.807) is 24.3 Å². The van der Waals surface area contributed by atoms with Crippen LogP contribution >= 0.6 is 23.2 Å². The maximum atomic E-state index is 8.57. The summed E-state index contributed by atoms with van der Waals surface area (Å²) in [7, 11) is 0. The molecule has 0 aliphatic rings. The third kappa shape index (κ3) is 2.52. The van der Waals surface area contributed by atoms with Crippen molar-refractivity contribution < 1.29 is 5.11 Å². The van der Waals surface area contributed by atoms with Crippen LogP contribution in [0.15, 0.2) is 30.3 Å². The van der Waals surface area contributed by atoms with Crippen molar-refractivity contribution in [2.75, 3.05) is 6.61 Å². The second-order valence-electron chi connectivity index (χ2n) is 2.24. The molecule has 1 nitrogen and oxygen atoms in total. The Morgan fingerprint density at radius 3 is 2.42 bits per heavy atom. The summed E-state index contributed by atoms with van der Waals surface area (Å²) in [5, 5.41) is 9.78. The van der Waals surface area contributed by atoms with Crippen molar-refractivity contribution in [1.29, 1.82) is 0 Å². The Hall–Kier alpha value is -0.500. The molecular formula is C9H8Cl2O. The standard InChI is InChI=1S/C9H8Cl2O/c10-8-3-1-7(2-4-8)9(11)5-6-12/h1-5,12H,6H2. The Morgan fingerprint density at radius 1 is 1.33 bits per heavy atom. The van der Waals surface area contributed by atoms with Crippen LogP contribution in [0, 0.1) is 0 Å². The molecule has 64 valence electrons. The summed E-state index contributed by atoms with van der Waals surface area (Å²) >= 11 is 11.5. The summed E-state index contributed by atoms with van der Waals surface area (Å²) in [6.45, 7) is -0.0541. The molecule has 0 aromatic heterocycles. The van der Waals surface area contributed by atoms with Gasteiger partial charge in [0.15, 0.2) is 0 Å². The van der Waals surface area contributed by atoms with E-state index in [-0.39, 0.29) is 6.61 Å². The molecule has 0 saturated heterocycles. The van der Waals surface area contributed by atoms with E-state index in [1.165, 1.54) is 6.08 Å². The number of aliphatic hydroxyl groups excluding tert-OH is 1. The molecule has 0 saturated carbocycles. The lowest BCUT2D eigenvalue weighted by Gasteiger charge is -1.97. The van der Waals surface area contributed by atoms with Gasteiger partial charge >= 0.3 is 0 Å². The van der Waals surface area contributed by atoms with Crippen molar-refractivity contribution in [3.63, 3.8) is 0 Å². The second-order valence-corrected chi connectivity index (χ2v) is 3.09. The second kappa shape index (κ2) is 4.51. The summed E-state index contributed by atoms with van der Waals surface area (Å²) in [4.78, 5) is 0. The first-order chi connectivity index (χ1) is 5.74. The van der Waals surface area contributed by atoms with Gasteiger partial charge in [-0.2, -0.15) is 0 Å². The summed E-state index contributed by atoms with van der Waals surface area (Å²) in [6.07, 6.45) is 1.53. The van der Waals surface area contributed by atoms with Crippen molar-refractivity contribution in [1.82, 2.24) is 0 Å². The van der Waals surface area contributed by atoms with E-state index in [2.05, 4.69) is 0 Å². The Balaban J connectivity index is 2.89. The Morgan fingerprint density at radius 2 is 1.92 bits per heavy atom. The number of aliphatic hydroxyl groups is 1. The van der Waals surface area contributed by atoms with Crippen molar-refractivity contribution in [3.05, 3.63) is 40.9 Å². The molecule has 1 aromatic carbocycles. The fraction of sp³-hybridized carbons (Fsp3) is 0.111. The summed E-state index contributed by atoms with van der Waals surface area (Å²) in [5.74, 6) is 0. The van der Waals surface area contributed by atoms with E-state index in [0.717, 1.165) is 5.56 Å². The van der Waals surface area contributed by atoms with Gasteiger partial charge in [-0.25, -0.2) is 0 Å². The zero-order chi connectivity index (χ0) is 8.97. The quantitative estimate of drug-likeness (QED) is 0.783. The molecule has 0 amide bonds. The van der Waals surface area contributed by atoms with Gasteiger partial charge in [0.25, 0.3) is 0 Å². The first kappa shape index (κ1) is 9.59. The van der Waals surface area contributed by atoms with Gasteiger partial charge in [0.1, 0.15) is 0 Å².